The number of benzene rings is 3. The second kappa shape index (κ2) is 8.38. The zero-order valence-electron chi connectivity index (χ0n) is 18.0. The predicted molar refractivity (Wildman–Crippen MR) is 121 cm³/mol. The molecule has 0 saturated carbocycles. The van der Waals surface area contributed by atoms with E-state index in [1.54, 1.807) is 18.2 Å². The van der Waals surface area contributed by atoms with Gasteiger partial charge in [-0.15, -0.1) is 0 Å². The molecule has 0 unspecified atom stereocenters. The van der Waals surface area contributed by atoms with E-state index in [9.17, 15) is 18.4 Å². The molecule has 6 heteroatoms. The Morgan fingerprint density at radius 2 is 1.56 bits per heavy atom. The Bertz CT molecular complexity index is 1260. The van der Waals surface area contributed by atoms with Gasteiger partial charge in [-0.2, -0.15) is 0 Å². The Kier molecular flexibility index (Phi) is 5.61. The minimum Gasteiger partial charge on any atom is -0.350 e. The highest BCUT2D eigenvalue weighted by Gasteiger charge is 2.40. The highest BCUT2D eigenvalue weighted by molar-refractivity contribution is 6.46. The molecule has 32 heavy (non-hydrogen) atoms. The number of rotatable bonds is 5. The second-order valence-electron chi connectivity index (χ2n) is 7.79. The molecule has 2 amide bonds. The molecule has 3 aromatic carbocycles. The predicted octanol–water partition coefficient (Wildman–Crippen LogP) is 5.54. The van der Waals surface area contributed by atoms with Crippen LogP contribution in [0, 0.1) is 25.5 Å². The maximum Gasteiger partial charge on any atom is 0.282 e. The molecule has 1 aliphatic rings. The van der Waals surface area contributed by atoms with Crippen LogP contribution in [0.3, 0.4) is 0 Å². The van der Waals surface area contributed by atoms with Gasteiger partial charge in [0.1, 0.15) is 5.70 Å². The van der Waals surface area contributed by atoms with Gasteiger partial charge in [0.25, 0.3) is 11.8 Å². The number of hydrogen-bond donors (Lipinski definition) is 1. The Morgan fingerprint density at radius 1 is 0.844 bits per heavy atom. The molecule has 0 aliphatic carbocycles. The minimum atomic E-state index is -1.05. The van der Waals surface area contributed by atoms with Crippen molar-refractivity contribution < 1.29 is 18.4 Å². The monoisotopic (exact) mass is 432 g/mol. The number of nitrogens with zero attached hydrogens (tertiary/aromatic N) is 1. The van der Waals surface area contributed by atoms with E-state index in [0.29, 0.717) is 11.3 Å². The maximum atomic E-state index is 13.8. The van der Waals surface area contributed by atoms with E-state index in [-0.39, 0.29) is 17.0 Å². The molecular formula is C26H22F2N2O2. The first-order valence-electron chi connectivity index (χ1n) is 10.3. The number of hydrogen-bond acceptors (Lipinski definition) is 3. The van der Waals surface area contributed by atoms with E-state index in [1.807, 2.05) is 45.0 Å². The lowest BCUT2D eigenvalue weighted by atomic mass is 9.97. The largest absolute Gasteiger partial charge is 0.350 e. The van der Waals surface area contributed by atoms with Crippen molar-refractivity contribution in [3.05, 3.63) is 100 Å². The zero-order chi connectivity index (χ0) is 23.0. The SMILES string of the molecule is CCc1ccc(N2C(=O)C(Nc3ccc(F)c(F)c3)=C(c3ccc(C)cc3C)C2=O)cc1. The normalized spacial score (nSPS) is 13.8. The molecule has 0 fully saturated rings. The summed E-state index contributed by atoms with van der Waals surface area (Å²) >= 11 is 0. The molecular weight excluding hydrogens is 410 g/mol. The van der Waals surface area contributed by atoms with Crippen LogP contribution in [-0.4, -0.2) is 11.8 Å². The number of anilines is 2. The van der Waals surface area contributed by atoms with Gasteiger partial charge in [0.15, 0.2) is 11.6 Å². The van der Waals surface area contributed by atoms with Crippen LogP contribution in [0.5, 0.6) is 0 Å². The van der Waals surface area contributed by atoms with Crippen molar-refractivity contribution in [1.29, 1.82) is 0 Å². The first-order chi connectivity index (χ1) is 15.3. The highest BCUT2D eigenvalue weighted by Crippen LogP contribution is 2.35. The van der Waals surface area contributed by atoms with Gasteiger partial charge < -0.3 is 5.32 Å². The lowest BCUT2D eigenvalue weighted by Gasteiger charge is -2.16. The third-order valence-corrected chi connectivity index (χ3v) is 5.53. The summed E-state index contributed by atoms with van der Waals surface area (Å²) in [5, 5.41) is 2.86. The maximum absolute atomic E-state index is 13.8. The summed E-state index contributed by atoms with van der Waals surface area (Å²) in [6, 6.07) is 16.0. The number of carbonyl (C=O) groups excluding carboxylic acids is 2. The topological polar surface area (TPSA) is 49.4 Å². The van der Waals surface area contributed by atoms with Crippen molar-refractivity contribution in [2.24, 2.45) is 0 Å². The van der Waals surface area contributed by atoms with Gasteiger partial charge in [0.2, 0.25) is 0 Å². The fourth-order valence-electron chi connectivity index (χ4n) is 3.82. The van der Waals surface area contributed by atoms with Crippen molar-refractivity contribution in [1.82, 2.24) is 0 Å². The highest BCUT2D eigenvalue weighted by atomic mass is 19.2. The minimum absolute atomic E-state index is 0.0209. The van der Waals surface area contributed by atoms with Crippen LogP contribution >= 0.6 is 0 Å². The lowest BCUT2D eigenvalue weighted by Crippen LogP contribution is -2.32. The third kappa shape index (κ3) is 3.80. The molecule has 1 N–H and O–H groups in total. The van der Waals surface area contributed by atoms with Gasteiger partial charge in [-0.05, 0) is 61.2 Å². The summed E-state index contributed by atoms with van der Waals surface area (Å²) in [5.41, 5.74) is 4.36. The van der Waals surface area contributed by atoms with E-state index in [4.69, 9.17) is 0 Å². The van der Waals surface area contributed by atoms with Gasteiger partial charge in [-0.25, -0.2) is 13.7 Å². The number of nitrogens with one attached hydrogen (secondary N) is 1. The lowest BCUT2D eigenvalue weighted by molar-refractivity contribution is -0.120. The van der Waals surface area contributed by atoms with Crippen molar-refractivity contribution in [2.45, 2.75) is 27.2 Å². The zero-order valence-corrected chi connectivity index (χ0v) is 18.0. The van der Waals surface area contributed by atoms with Crippen LogP contribution in [0.4, 0.5) is 20.2 Å². The standard InChI is InChI=1S/C26H22F2N2O2/c1-4-17-6-9-19(10-7-17)30-25(31)23(20-11-5-15(2)13-16(20)3)24(26(30)32)29-18-8-12-21(27)22(28)14-18/h5-14,29H,4H2,1-3H3. The van der Waals surface area contributed by atoms with Gasteiger partial charge in [-0.3, -0.25) is 9.59 Å². The summed E-state index contributed by atoms with van der Waals surface area (Å²) < 4.78 is 27.2. The van der Waals surface area contributed by atoms with Crippen molar-refractivity contribution in [2.75, 3.05) is 10.2 Å². The molecule has 162 valence electrons. The van der Waals surface area contributed by atoms with E-state index < -0.39 is 23.4 Å². The van der Waals surface area contributed by atoms with Gasteiger partial charge in [-0.1, -0.05) is 42.8 Å². The van der Waals surface area contributed by atoms with Crippen molar-refractivity contribution in [3.8, 4) is 0 Å². The Balaban J connectivity index is 1.83. The molecule has 4 nitrogen and oxygen atoms in total. The van der Waals surface area contributed by atoms with E-state index in [1.165, 1.54) is 6.07 Å². The molecule has 1 heterocycles. The summed E-state index contributed by atoms with van der Waals surface area (Å²) in [6.07, 6.45) is 0.831. The van der Waals surface area contributed by atoms with Crippen LogP contribution in [-0.2, 0) is 16.0 Å². The molecule has 0 bridgehead atoms. The fourth-order valence-corrected chi connectivity index (χ4v) is 3.82. The van der Waals surface area contributed by atoms with Crippen LogP contribution in [0.25, 0.3) is 5.57 Å². The van der Waals surface area contributed by atoms with Gasteiger partial charge in [0, 0.05) is 11.8 Å². The van der Waals surface area contributed by atoms with Gasteiger partial charge >= 0.3 is 0 Å². The Morgan fingerprint density at radius 3 is 2.19 bits per heavy atom. The first-order valence-corrected chi connectivity index (χ1v) is 10.3. The Hall–Kier alpha value is -3.80. The average Bonchev–Trinajstić information content (AvgIpc) is 3.00. The Labute approximate surface area is 185 Å². The number of aryl methyl sites for hydroxylation is 3. The van der Waals surface area contributed by atoms with Crippen molar-refractivity contribution in [3.63, 3.8) is 0 Å². The molecule has 0 saturated heterocycles. The fraction of sp³-hybridized carbons (Fsp3) is 0.154. The molecule has 0 spiro atoms. The van der Waals surface area contributed by atoms with E-state index >= 15 is 0 Å². The van der Waals surface area contributed by atoms with Crippen molar-refractivity contribution >= 4 is 28.8 Å². The number of imide groups is 1. The summed E-state index contributed by atoms with van der Waals surface area (Å²) in [6.45, 7) is 5.82. The number of halogens is 2. The molecule has 4 rings (SSSR count). The summed E-state index contributed by atoms with van der Waals surface area (Å²) in [5.74, 6) is -3.08. The summed E-state index contributed by atoms with van der Waals surface area (Å²) in [7, 11) is 0. The smallest absolute Gasteiger partial charge is 0.282 e. The molecule has 0 aromatic heterocycles. The summed E-state index contributed by atoms with van der Waals surface area (Å²) in [4.78, 5) is 28.0. The van der Waals surface area contributed by atoms with E-state index in [0.717, 1.165) is 40.1 Å². The van der Waals surface area contributed by atoms with Crippen LogP contribution in [0.15, 0.2) is 66.4 Å². The first kappa shape index (κ1) is 21.4. The van der Waals surface area contributed by atoms with E-state index in [2.05, 4.69) is 5.32 Å². The van der Waals surface area contributed by atoms with Crippen LogP contribution in [0.2, 0.25) is 0 Å². The molecule has 0 radical (unpaired) electrons. The second-order valence-corrected chi connectivity index (χ2v) is 7.79. The third-order valence-electron chi connectivity index (χ3n) is 5.53. The van der Waals surface area contributed by atoms with Crippen LogP contribution in [0.1, 0.15) is 29.2 Å². The number of carbonyl (C=O) groups is 2. The molecule has 3 aromatic rings. The molecule has 0 atom stereocenters. The number of amides is 2. The average molecular weight is 432 g/mol. The van der Waals surface area contributed by atoms with Crippen LogP contribution < -0.4 is 10.2 Å². The quantitative estimate of drug-likeness (QED) is 0.539. The van der Waals surface area contributed by atoms with Gasteiger partial charge in [0.05, 0.1) is 11.3 Å². The molecule has 1 aliphatic heterocycles.